The van der Waals surface area contributed by atoms with E-state index in [4.69, 9.17) is 5.73 Å². The third-order valence-corrected chi connectivity index (χ3v) is 3.35. The van der Waals surface area contributed by atoms with Crippen LogP contribution in [0, 0.1) is 6.92 Å². The molecule has 0 aliphatic carbocycles. The molecule has 22 heavy (non-hydrogen) atoms. The number of amides is 1. The predicted octanol–water partition coefficient (Wildman–Crippen LogP) is 3.18. The zero-order valence-corrected chi connectivity index (χ0v) is 13.8. The molecule has 6 heteroatoms. The van der Waals surface area contributed by atoms with Crippen LogP contribution in [0.5, 0.6) is 0 Å². The van der Waals surface area contributed by atoms with E-state index in [2.05, 4.69) is 17.3 Å². The number of nitrogen functional groups attached to an aromatic ring is 1. The Bertz CT molecular complexity index is 607. The molecular weight excluding hydrogens is 300 g/mol. The van der Waals surface area contributed by atoms with Crippen LogP contribution >= 0.6 is 12.4 Å². The molecule has 1 heterocycles. The van der Waals surface area contributed by atoms with Gasteiger partial charge in [-0.15, -0.1) is 12.4 Å². The first-order valence-corrected chi connectivity index (χ1v) is 7.27. The van der Waals surface area contributed by atoms with E-state index in [9.17, 15) is 4.79 Å². The summed E-state index contributed by atoms with van der Waals surface area (Å²) in [5.41, 5.74) is 8.27. The molecule has 0 aliphatic rings. The molecule has 2 rings (SSSR count). The number of nitrogens with two attached hydrogens (primary N) is 1. The molecule has 1 aromatic carbocycles. The van der Waals surface area contributed by atoms with E-state index in [1.807, 2.05) is 23.7 Å². The summed E-state index contributed by atoms with van der Waals surface area (Å²) in [6.07, 6.45) is 4.26. The average Bonchev–Trinajstić information content (AvgIpc) is 2.80. The Morgan fingerprint density at radius 2 is 2.00 bits per heavy atom. The van der Waals surface area contributed by atoms with Crippen LogP contribution in [-0.4, -0.2) is 15.7 Å². The molecule has 1 amide bonds. The molecule has 5 nitrogen and oxygen atoms in total. The molecule has 0 bridgehead atoms. The molecule has 0 spiro atoms. The highest BCUT2D eigenvalue weighted by Gasteiger charge is 2.11. The first-order valence-electron chi connectivity index (χ1n) is 7.27. The molecule has 0 saturated heterocycles. The number of nitrogens with one attached hydrogen (secondary N) is 1. The van der Waals surface area contributed by atoms with Crippen molar-refractivity contribution in [2.45, 2.75) is 39.7 Å². The summed E-state index contributed by atoms with van der Waals surface area (Å²) < 4.78 is 1.86. The lowest BCUT2D eigenvalue weighted by molar-refractivity contribution is -0.115. The number of anilines is 2. The third-order valence-electron chi connectivity index (χ3n) is 3.35. The number of nitrogens with zero attached hydrogens (tertiary/aromatic N) is 2. The molecule has 0 aliphatic heterocycles. The van der Waals surface area contributed by atoms with E-state index < -0.39 is 0 Å². The van der Waals surface area contributed by atoms with Crippen molar-refractivity contribution >= 4 is 29.8 Å². The van der Waals surface area contributed by atoms with Gasteiger partial charge in [-0.1, -0.05) is 25.5 Å². The van der Waals surface area contributed by atoms with Crippen molar-refractivity contribution in [1.82, 2.24) is 9.78 Å². The van der Waals surface area contributed by atoms with Crippen LogP contribution in [0.25, 0.3) is 0 Å². The van der Waals surface area contributed by atoms with Gasteiger partial charge in [-0.05, 0) is 31.0 Å². The monoisotopic (exact) mass is 322 g/mol. The number of carbonyl (C=O) groups excluding carboxylic acids is 1. The Labute approximate surface area is 137 Å². The Morgan fingerprint density at radius 3 is 2.64 bits per heavy atom. The van der Waals surface area contributed by atoms with Gasteiger partial charge in [-0.2, -0.15) is 5.10 Å². The van der Waals surface area contributed by atoms with Crippen LogP contribution in [0.4, 0.5) is 11.5 Å². The van der Waals surface area contributed by atoms with Crippen LogP contribution < -0.4 is 11.1 Å². The zero-order valence-electron chi connectivity index (χ0n) is 13.0. The van der Waals surface area contributed by atoms with Gasteiger partial charge in [0.1, 0.15) is 5.82 Å². The maximum Gasteiger partial charge on any atom is 0.229 e. The van der Waals surface area contributed by atoms with Gasteiger partial charge in [-0.25, -0.2) is 4.68 Å². The maximum atomic E-state index is 12.2. The smallest absolute Gasteiger partial charge is 0.229 e. The van der Waals surface area contributed by atoms with E-state index in [1.54, 1.807) is 18.3 Å². The Kier molecular flexibility index (Phi) is 6.92. The summed E-state index contributed by atoms with van der Waals surface area (Å²) in [7, 11) is 0. The molecule has 0 fully saturated rings. The van der Waals surface area contributed by atoms with Crippen molar-refractivity contribution in [2.24, 2.45) is 0 Å². The lowest BCUT2D eigenvalue weighted by Gasteiger charge is -2.10. The van der Waals surface area contributed by atoms with E-state index in [0.717, 1.165) is 36.3 Å². The van der Waals surface area contributed by atoms with Crippen molar-refractivity contribution in [3.05, 3.63) is 41.6 Å². The quantitative estimate of drug-likeness (QED) is 0.802. The third kappa shape index (κ3) is 4.77. The van der Waals surface area contributed by atoms with E-state index in [1.165, 1.54) is 0 Å². The highest BCUT2D eigenvalue weighted by molar-refractivity contribution is 5.92. The minimum absolute atomic E-state index is 0. The van der Waals surface area contributed by atoms with Gasteiger partial charge in [0.05, 0.1) is 12.6 Å². The number of carbonyl (C=O) groups is 1. The van der Waals surface area contributed by atoms with Crippen molar-refractivity contribution in [1.29, 1.82) is 0 Å². The summed E-state index contributed by atoms with van der Waals surface area (Å²) in [6.45, 7) is 4.91. The summed E-state index contributed by atoms with van der Waals surface area (Å²) in [5, 5.41) is 7.27. The molecule has 3 N–H and O–H groups in total. The molecule has 0 radical (unpaired) electrons. The normalized spacial score (nSPS) is 10.1. The minimum atomic E-state index is -0.0406. The first-order chi connectivity index (χ1) is 10.1. The summed E-state index contributed by atoms with van der Waals surface area (Å²) >= 11 is 0. The lowest BCUT2D eigenvalue weighted by atomic mass is 10.1. The number of hydrogen-bond acceptors (Lipinski definition) is 3. The Balaban J connectivity index is 0.00000242. The SMILES string of the molecule is CCCCn1ncc(C)c1NC(=O)Cc1ccc(N)cc1.Cl. The van der Waals surface area contributed by atoms with Crippen LogP contribution in [0.1, 0.15) is 30.9 Å². The number of rotatable bonds is 6. The van der Waals surface area contributed by atoms with Gasteiger partial charge in [0, 0.05) is 17.8 Å². The zero-order chi connectivity index (χ0) is 15.2. The summed E-state index contributed by atoms with van der Waals surface area (Å²) in [5.74, 6) is 0.755. The maximum absolute atomic E-state index is 12.2. The molecule has 120 valence electrons. The summed E-state index contributed by atoms with van der Waals surface area (Å²) in [6, 6.07) is 7.35. The number of aromatic nitrogens is 2. The van der Waals surface area contributed by atoms with Crippen LogP contribution in [0.2, 0.25) is 0 Å². The van der Waals surface area contributed by atoms with Gasteiger partial charge >= 0.3 is 0 Å². The molecule has 0 unspecified atom stereocenters. The van der Waals surface area contributed by atoms with Gasteiger partial charge in [0.15, 0.2) is 0 Å². The number of benzene rings is 1. The van der Waals surface area contributed by atoms with Crippen LogP contribution in [0.3, 0.4) is 0 Å². The fraction of sp³-hybridized carbons (Fsp3) is 0.375. The molecule has 0 saturated carbocycles. The number of halogens is 1. The van der Waals surface area contributed by atoms with Crippen molar-refractivity contribution in [2.75, 3.05) is 11.1 Å². The Hall–Kier alpha value is -2.01. The standard InChI is InChI=1S/C16H22N4O.ClH/c1-3-4-9-20-16(12(2)11-18-20)19-15(21)10-13-5-7-14(17)8-6-13;/h5-8,11H,3-4,9-10,17H2,1-2H3,(H,19,21);1H. The number of hydrogen-bond donors (Lipinski definition) is 2. The predicted molar refractivity (Wildman–Crippen MR) is 92.3 cm³/mol. The van der Waals surface area contributed by atoms with Crippen molar-refractivity contribution in [3.63, 3.8) is 0 Å². The van der Waals surface area contributed by atoms with Crippen molar-refractivity contribution in [3.8, 4) is 0 Å². The fourth-order valence-corrected chi connectivity index (χ4v) is 2.12. The van der Waals surface area contributed by atoms with Crippen LogP contribution in [-0.2, 0) is 17.8 Å². The van der Waals surface area contributed by atoms with Gasteiger partial charge < -0.3 is 11.1 Å². The molecule has 0 atom stereocenters. The molecule has 1 aromatic heterocycles. The van der Waals surface area contributed by atoms with Gasteiger partial charge in [0.25, 0.3) is 0 Å². The lowest BCUT2D eigenvalue weighted by Crippen LogP contribution is -2.18. The average molecular weight is 323 g/mol. The second kappa shape index (κ2) is 8.44. The summed E-state index contributed by atoms with van der Waals surface area (Å²) in [4.78, 5) is 12.2. The fourth-order valence-electron chi connectivity index (χ4n) is 2.12. The minimum Gasteiger partial charge on any atom is -0.399 e. The molecule has 2 aromatic rings. The Morgan fingerprint density at radius 1 is 1.32 bits per heavy atom. The molecular formula is C16H23ClN4O. The van der Waals surface area contributed by atoms with Gasteiger partial charge in [-0.3, -0.25) is 4.79 Å². The highest BCUT2D eigenvalue weighted by Crippen LogP contribution is 2.15. The van der Waals surface area contributed by atoms with Crippen molar-refractivity contribution < 1.29 is 4.79 Å². The van der Waals surface area contributed by atoms with Crippen LogP contribution in [0.15, 0.2) is 30.5 Å². The largest absolute Gasteiger partial charge is 0.399 e. The van der Waals surface area contributed by atoms with E-state index >= 15 is 0 Å². The second-order valence-corrected chi connectivity index (χ2v) is 5.22. The number of unbranched alkanes of at least 4 members (excludes halogenated alkanes) is 1. The second-order valence-electron chi connectivity index (χ2n) is 5.22. The van der Waals surface area contributed by atoms with Gasteiger partial charge in [0.2, 0.25) is 5.91 Å². The number of aryl methyl sites for hydroxylation is 2. The topological polar surface area (TPSA) is 72.9 Å². The first kappa shape index (κ1) is 18.0. The van der Waals surface area contributed by atoms with E-state index in [0.29, 0.717) is 12.1 Å². The highest BCUT2D eigenvalue weighted by atomic mass is 35.5. The van der Waals surface area contributed by atoms with E-state index in [-0.39, 0.29) is 18.3 Å².